The van der Waals surface area contributed by atoms with Crippen LogP contribution < -0.4 is 0 Å². The van der Waals surface area contributed by atoms with Crippen LogP contribution in [0.5, 0.6) is 0 Å². The van der Waals surface area contributed by atoms with Crippen LogP contribution in [0.15, 0.2) is 18.3 Å². The second-order valence-corrected chi connectivity index (χ2v) is 3.97. The molecule has 0 saturated carbocycles. The molecule has 66 valence electrons. The number of pyridine rings is 1. The van der Waals surface area contributed by atoms with Crippen molar-refractivity contribution in [1.82, 2.24) is 4.98 Å². The molecule has 0 unspecified atom stereocenters. The van der Waals surface area contributed by atoms with E-state index >= 15 is 0 Å². The van der Waals surface area contributed by atoms with Gasteiger partial charge in [0.25, 0.3) is 0 Å². The van der Waals surface area contributed by atoms with Crippen molar-refractivity contribution in [3.8, 4) is 0 Å². The second kappa shape index (κ2) is 2.97. The first kappa shape index (κ1) is 8.47. The first-order valence-electron chi connectivity index (χ1n) is 3.45. The maximum absolute atomic E-state index is 10.6. The maximum Gasteiger partial charge on any atom is 0.345 e. The van der Waals surface area contributed by atoms with Crippen LogP contribution in [-0.2, 0) is 0 Å². The molecule has 2 aromatic heterocycles. The molecule has 0 aromatic carbocycles. The number of aromatic nitrogens is 1. The molecule has 2 rings (SSSR count). The SMILES string of the molecule is O=C(O)c1cc2ncc(Cl)cc2s1. The Morgan fingerprint density at radius 3 is 3.00 bits per heavy atom. The summed E-state index contributed by atoms with van der Waals surface area (Å²) >= 11 is 6.88. The fourth-order valence-corrected chi connectivity index (χ4v) is 2.12. The predicted octanol–water partition coefficient (Wildman–Crippen LogP) is 2.65. The molecular formula is C8H4ClNO2S. The molecule has 2 aromatic rings. The molecule has 0 aliphatic heterocycles. The summed E-state index contributed by atoms with van der Waals surface area (Å²) in [5.74, 6) is -0.931. The van der Waals surface area contributed by atoms with Crippen LogP contribution in [0.4, 0.5) is 0 Å². The van der Waals surface area contributed by atoms with E-state index in [1.807, 2.05) is 0 Å². The molecule has 0 amide bonds. The summed E-state index contributed by atoms with van der Waals surface area (Å²) in [5.41, 5.74) is 0.673. The Kier molecular flexibility index (Phi) is 1.94. The molecule has 0 bridgehead atoms. The third-order valence-corrected chi connectivity index (χ3v) is 2.81. The summed E-state index contributed by atoms with van der Waals surface area (Å²) in [6.45, 7) is 0. The van der Waals surface area contributed by atoms with Gasteiger partial charge in [0.15, 0.2) is 0 Å². The Labute approximate surface area is 82.6 Å². The van der Waals surface area contributed by atoms with E-state index in [0.29, 0.717) is 10.5 Å². The summed E-state index contributed by atoms with van der Waals surface area (Å²) in [4.78, 5) is 14.9. The smallest absolute Gasteiger partial charge is 0.345 e. The number of fused-ring (bicyclic) bond motifs is 1. The summed E-state index contributed by atoms with van der Waals surface area (Å²) in [6.07, 6.45) is 1.50. The number of carboxylic acid groups (broad SMARTS) is 1. The van der Waals surface area contributed by atoms with Crippen molar-refractivity contribution >= 4 is 39.1 Å². The monoisotopic (exact) mass is 213 g/mol. The zero-order valence-electron chi connectivity index (χ0n) is 6.32. The summed E-state index contributed by atoms with van der Waals surface area (Å²) in [6, 6.07) is 3.25. The topological polar surface area (TPSA) is 50.2 Å². The number of hydrogen-bond acceptors (Lipinski definition) is 3. The van der Waals surface area contributed by atoms with Crippen LogP contribution >= 0.6 is 22.9 Å². The van der Waals surface area contributed by atoms with Crippen LogP contribution in [0, 0.1) is 0 Å². The highest BCUT2D eigenvalue weighted by Crippen LogP contribution is 2.25. The van der Waals surface area contributed by atoms with Crippen molar-refractivity contribution < 1.29 is 9.90 Å². The number of aromatic carboxylic acids is 1. The number of halogens is 1. The Hall–Kier alpha value is -1.13. The van der Waals surface area contributed by atoms with E-state index in [9.17, 15) is 4.79 Å². The first-order valence-corrected chi connectivity index (χ1v) is 4.64. The van der Waals surface area contributed by atoms with Crippen molar-refractivity contribution in [3.63, 3.8) is 0 Å². The van der Waals surface area contributed by atoms with Crippen LogP contribution in [0.2, 0.25) is 5.02 Å². The van der Waals surface area contributed by atoms with E-state index in [0.717, 1.165) is 4.70 Å². The fraction of sp³-hybridized carbons (Fsp3) is 0. The third kappa shape index (κ3) is 1.50. The molecule has 0 saturated heterocycles. The normalized spacial score (nSPS) is 10.5. The average Bonchev–Trinajstić information content (AvgIpc) is 2.46. The second-order valence-electron chi connectivity index (χ2n) is 2.45. The zero-order valence-corrected chi connectivity index (χ0v) is 7.89. The molecule has 0 spiro atoms. The van der Waals surface area contributed by atoms with E-state index in [1.165, 1.54) is 17.5 Å². The molecule has 1 N–H and O–H groups in total. The number of hydrogen-bond donors (Lipinski definition) is 1. The lowest BCUT2D eigenvalue weighted by atomic mass is 10.4. The van der Waals surface area contributed by atoms with E-state index < -0.39 is 5.97 Å². The summed E-state index contributed by atoms with van der Waals surface area (Å²) in [5, 5.41) is 9.22. The molecule has 2 heterocycles. The largest absolute Gasteiger partial charge is 0.477 e. The Bertz CT molecular complexity index is 480. The Morgan fingerprint density at radius 1 is 1.54 bits per heavy atom. The standard InChI is InChI=1S/C8H4ClNO2S/c9-4-1-6-5(10-3-4)2-7(13-6)8(11)12/h1-3H,(H,11,12). The minimum atomic E-state index is -0.931. The lowest BCUT2D eigenvalue weighted by molar-refractivity contribution is 0.0702. The molecule has 0 fully saturated rings. The molecule has 0 atom stereocenters. The van der Waals surface area contributed by atoms with Crippen molar-refractivity contribution in [2.24, 2.45) is 0 Å². The van der Waals surface area contributed by atoms with Gasteiger partial charge in [0.1, 0.15) is 4.88 Å². The van der Waals surface area contributed by atoms with Gasteiger partial charge in [-0.05, 0) is 12.1 Å². The molecule has 0 radical (unpaired) electrons. The fourth-order valence-electron chi connectivity index (χ4n) is 0.999. The predicted molar refractivity (Wildman–Crippen MR) is 51.6 cm³/mol. The number of carboxylic acids is 1. The first-order chi connectivity index (χ1) is 6.16. The summed E-state index contributed by atoms with van der Waals surface area (Å²) < 4.78 is 0.796. The molecular weight excluding hydrogens is 210 g/mol. The average molecular weight is 214 g/mol. The van der Waals surface area contributed by atoms with Crippen molar-refractivity contribution in [2.75, 3.05) is 0 Å². The van der Waals surface area contributed by atoms with Crippen LogP contribution in [-0.4, -0.2) is 16.1 Å². The van der Waals surface area contributed by atoms with E-state index in [2.05, 4.69) is 4.98 Å². The highest BCUT2D eigenvalue weighted by Gasteiger charge is 2.08. The number of thiophene rings is 1. The van der Waals surface area contributed by atoms with Gasteiger partial charge in [0.05, 0.1) is 15.2 Å². The molecule has 0 aliphatic carbocycles. The van der Waals surface area contributed by atoms with Gasteiger partial charge in [0, 0.05) is 6.20 Å². The van der Waals surface area contributed by atoms with Crippen LogP contribution in [0.3, 0.4) is 0 Å². The molecule has 5 heteroatoms. The maximum atomic E-state index is 10.6. The van der Waals surface area contributed by atoms with Crippen LogP contribution in [0.1, 0.15) is 9.67 Å². The van der Waals surface area contributed by atoms with Gasteiger partial charge in [-0.3, -0.25) is 4.98 Å². The van der Waals surface area contributed by atoms with Crippen molar-refractivity contribution in [1.29, 1.82) is 0 Å². The third-order valence-electron chi connectivity index (χ3n) is 1.55. The molecule has 3 nitrogen and oxygen atoms in total. The molecule has 0 aliphatic rings. The van der Waals surface area contributed by atoms with Gasteiger partial charge in [-0.25, -0.2) is 4.79 Å². The Morgan fingerprint density at radius 2 is 2.31 bits per heavy atom. The van der Waals surface area contributed by atoms with Gasteiger partial charge in [-0.15, -0.1) is 11.3 Å². The lowest BCUT2D eigenvalue weighted by Gasteiger charge is -1.87. The van der Waals surface area contributed by atoms with E-state index in [-0.39, 0.29) is 4.88 Å². The quantitative estimate of drug-likeness (QED) is 0.792. The molecule has 13 heavy (non-hydrogen) atoms. The number of rotatable bonds is 1. The van der Waals surface area contributed by atoms with Gasteiger partial charge in [0.2, 0.25) is 0 Å². The zero-order chi connectivity index (χ0) is 9.42. The minimum absolute atomic E-state index is 0.282. The summed E-state index contributed by atoms with van der Waals surface area (Å²) in [7, 11) is 0. The highest BCUT2D eigenvalue weighted by atomic mass is 35.5. The van der Waals surface area contributed by atoms with E-state index in [4.69, 9.17) is 16.7 Å². The number of nitrogens with zero attached hydrogens (tertiary/aromatic N) is 1. The minimum Gasteiger partial charge on any atom is -0.477 e. The van der Waals surface area contributed by atoms with Gasteiger partial charge >= 0.3 is 5.97 Å². The highest BCUT2D eigenvalue weighted by molar-refractivity contribution is 7.20. The van der Waals surface area contributed by atoms with E-state index in [1.54, 1.807) is 12.1 Å². The van der Waals surface area contributed by atoms with Crippen LogP contribution in [0.25, 0.3) is 10.2 Å². The van der Waals surface area contributed by atoms with Gasteiger partial charge < -0.3 is 5.11 Å². The van der Waals surface area contributed by atoms with Crippen molar-refractivity contribution in [3.05, 3.63) is 28.2 Å². The lowest BCUT2D eigenvalue weighted by Crippen LogP contribution is -1.89. The number of carbonyl (C=O) groups is 1. The van der Waals surface area contributed by atoms with Crippen molar-refractivity contribution in [2.45, 2.75) is 0 Å². The van der Waals surface area contributed by atoms with Gasteiger partial charge in [-0.1, -0.05) is 11.6 Å². The Balaban J connectivity index is 2.68. The van der Waals surface area contributed by atoms with Gasteiger partial charge in [-0.2, -0.15) is 0 Å².